The van der Waals surface area contributed by atoms with Gasteiger partial charge >= 0.3 is 0 Å². The second-order valence-electron chi connectivity index (χ2n) is 0.917. The summed E-state index contributed by atoms with van der Waals surface area (Å²) in [6.07, 6.45) is -2.20. The van der Waals surface area contributed by atoms with Gasteiger partial charge in [0.15, 0.2) is 0 Å². The van der Waals surface area contributed by atoms with E-state index in [-0.39, 0.29) is 6.41 Å². The molecule has 0 aliphatic carbocycles. The summed E-state index contributed by atoms with van der Waals surface area (Å²) < 4.78 is 22.0. The van der Waals surface area contributed by atoms with E-state index in [1.807, 2.05) is 5.32 Å². The summed E-state index contributed by atoms with van der Waals surface area (Å²) in [5.41, 5.74) is 0. The highest BCUT2D eigenvalue weighted by atomic mass is 19.3. The molecule has 0 aromatic heterocycles. The lowest BCUT2D eigenvalue weighted by molar-refractivity contribution is -0.110. The zero-order valence-electron chi connectivity index (χ0n) is 3.53. The van der Waals surface area contributed by atoms with Gasteiger partial charge in [-0.2, -0.15) is 0 Å². The predicted octanol–water partition coefficient (Wildman–Crippen LogP) is -0.00250. The first-order chi connectivity index (χ1) is 3.27. The van der Waals surface area contributed by atoms with Gasteiger partial charge in [0.2, 0.25) is 6.41 Å². The Bertz CT molecular complexity index is 56.9. The van der Waals surface area contributed by atoms with Crippen LogP contribution in [0.1, 0.15) is 0 Å². The Morgan fingerprint density at radius 3 is 2.43 bits per heavy atom. The molecule has 0 aliphatic rings. The van der Waals surface area contributed by atoms with Crippen LogP contribution >= 0.6 is 0 Å². The van der Waals surface area contributed by atoms with E-state index in [9.17, 15) is 13.6 Å². The third-order valence-corrected chi connectivity index (χ3v) is 0.355. The maximum absolute atomic E-state index is 11.0. The van der Waals surface area contributed by atoms with Crippen molar-refractivity contribution in [2.75, 3.05) is 6.54 Å². The maximum atomic E-state index is 11.0. The van der Waals surface area contributed by atoms with E-state index < -0.39 is 13.0 Å². The lowest BCUT2D eigenvalue weighted by Crippen LogP contribution is -2.18. The molecule has 2 nitrogen and oxygen atoms in total. The first-order valence-electron chi connectivity index (χ1n) is 1.72. The fourth-order valence-electron chi connectivity index (χ4n) is 0.137. The number of rotatable bonds is 3. The third kappa shape index (κ3) is 5.33. The molecule has 0 fully saturated rings. The largest absolute Gasteiger partial charge is 0.353 e. The minimum atomic E-state index is -2.44. The molecule has 0 aromatic rings. The lowest BCUT2D eigenvalue weighted by Gasteiger charge is -1.91. The van der Waals surface area contributed by atoms with Gasteiger partial charge in [-0.25, -0.2) is 8.78 Å². The van der Waals surface area contributed by atoms with Crippen LogP contribution in [0.15, 0.2) is 0 Å². The molecule has 42 valence electrons. The van der Waals surface area contributed by atoms with E-state index in [0.29, 0.717) is 0 Å². The standard InChI is InChI=1S/C3H5F2NO/c4-3(5)1-6-2-7/h2-3H,1H2,(H,6,7). The summed E-state index contributed by atoms with van der Waals surface area (Å²) >= 11 is 0. The Balaban J connectivity index is 2.81. The van der Waals surface area contributed by atoms with Gasteiger partial charge in [-0.05, 0) is 0 Å². The number of carbonyl (C=O) groups is 1. The number of amides is 1. The lowest BCUT2D eigenvalue weighted by atomic mass is 10.7. The van der Waals surface area contributed by atoms with Crippen LogP contribution in [-0.2, 0) is 4.79 Å². The van der Waals surface area contributed by atoms with E-state index in [2.05, 4.69) is 0 Å². The van der Waals surface area contributed by atoms with Crippen molar-refractivity contribution >= 4 is 6.41 Å². The van der Waals surface area contributed by atoms with Gasteiger partial charge in [0.05, 0.1) is 6.54 Å². The molecule has 4 heteroatoms. The van der Waals surface area contributed by atoms with Gasteiger partial charge in [0, 0.05) is 0 Å². The van der Waals surface area contributed by atoms with Crippen molar-refractivity contribution < 1.29 is 13.6 Å². The monoisotopic (exact) mass is 109 g/mol. The van der Waals surface area contributed by atoms with Crippen LogP contribution in [0.25, 0.3) is 0 Å². The molecule has 1 amide bonds. The number of alkyl halides is 2. The molecular formula is C3H5F2NO. The minimum Gasteiger partial charge on any atom is -0.353 e. The molecule has 0 atom stereocenters. The van der Waals surface area contributed by atoms with Crippen molar-refractivity contribution in [1.82, 2.24) is 5.32 Å². The van der Waals surface area contributed by atoms with Crippen molar-refractivity contribution in [3.05, 3.63) is 0 Å². The number of carbonyl (C=O) groups excluding carboxylic acids is 1. The molecule has 0 aliphatic heterocycles. The van der Waals surface area contributed by atoms with Gasteiger partial charge in [-0.15, -0.1) is 0 Å². The molecule has 0 aromatic carbocycles. The second-order valence-corrected chi connectivity index (χ2v) is 0.917. The number of hydrogen-bond acceptors (Lipinski definition) is 1. The summed E-state index contributed by atoms with van der Waals surface area (Å²) in [4.78, 5) is 9.26. The van der Waals surface area contributed by atoms with E-state index >= 15 is 0 Å². The molecule has 0 spiro atoms. The highest BCUT2D eigenvalue weighted by Crippen LogP contribution is 1.85. The van der Waals surface area contributed by atoms with Gasteiger partial charge in [-0.1, -0.05) is 0 Å². The molecule has 0 rings (SSSR count). The molecule has 0 radical (unpaired) electrons. The quantitative estimate of drug-likeness (QED) is 0.508. The predicted molar refractivity (Wildman–Crippen MR) is 20.1 cm³/mol. The SMILES string of the molecule is O=CNCC(F)F. The Morgan fingerprint density at radius 1 is 1.71 bits per heavy atom. The topological polar surface area (TPSA) is 29.1 Å². The normalized spacial score (nSPS) is 9.00. The zero-order valence-corrected chi connectivity index (χ0v) is 3.53. The second kappa shape index (κ2) is 3.52. The molecule has 7 heavy (non-hydrogen) atoms. The van der Waals surface area contributed by atoms with Crippen molar-refractivity contribution in [3.8, 4) is 0 Å². The molecule has 0 heterocycles. The van der Waals surface area contributed by atoms with E-state index in [0.717, 1.165) is 0 Å². The summed E-state index contributed by atoms with van der Waals surface area (Å²) in [7, 11) is 0. The first kappa shape index (κ1) is 6.33. The van der Waals surface area contributed by atoms with Crippen LogP contribution in [-0.4, -0.2) is 19.4 Å². The van der Waals surface area contributed by atoms with Crippen LogP contribution in [0.2, 0.25) is 0 Å². The van der Waals surface area contributed by atoms with Crippen LogP contribution in [0, 0.1) is 0 Å². The summed E-state index contributed by atoms with van der Waals surface area (Å²) in [6, 6.07) is 0. The smallest absolute Gasteiger partial charge is 0.255 e. The van der Waals surface area contributed by atoms with Gasteiger partial charge in [-0.3, -0.25) is 4.79 Å². The van der Waals surface area contributed by atoms with Crippen LogP contribution < -0.4 is 5.32 Å². The fourth-order valence-corrected chi connectivity index (χ4v) is 0.137. The Morgan fingerprint density at radius 2 is 2.29 bits per heavy atom. The summed E-state index contributed by atoms with van der Waals surface area (Å²) in [5.74, 6) is 0. The Labute approximate surface area is 39.5 Å². The van der Waals surface area contributed by atoms with Crippen molar-refractivity contribution in [2.45, 2.75) is 6.43 Å². The Kier molecular flexibility index (Phi) is 3.18. The molecule has 0 bridgehead atoms. The van der Waals surface area contributed by atoms with Crippen LogP contribution in [0.3, 0.4) is 0 Å². The molecule has 0 saturated heterocycles. The molecule has 1 N–H and O–H groups in total. The van der Waals surface area contributed by atoms with Gasteiger partial charge in [0.1, 0.15) is 0 Å². The number of nitrogens with one attached hydrogen (secondary N) is 1. The van der Waals surface area contributed by atoms with E-state index in [1.54, 1.807) is 0 Å². The third-order valence-electron chi connectivity index (χ3n) is 0.355. The number of hydrogen-bond donors (Lipinski definition) is 1. The number of halogens is 2. The van der Waals surface area contributed by atoms with Crippen LogP contribution in [0.5, 0.6) is 0 Å². The highest BCUT2D eigenvalue weighted by Gasteiger charge is 1.96. The highest BCUT2D eigenvalue weighted by molar-refractivity contribution is 5.45. The molecule has 0 unspecified atom stereocenters. The fraction of sp³-hybridized carbons (Fsp3) is 0.667. The average molecular weight is 109 g/mol. The molecule has 0 saturated carbocycles. The maximum Gasteiger partial charge on any atom is 0.255 e. The molecular weight excluding hydrogens is 104 g/mol. The Hall–Kier alpha value is -0.670. The van der Waals surface area contributed by atoms with Crippen LogP contribution in [0.4, 0.5) is 8.78 Å². The summed E-state index contributed by atoms with van der Waals surface area (Å²) in [6.45, 7) is -0.552. The first-order valence-corrected chi connectivity index (χ1v) is 1.72. The van der Waals surface area contributed by atoms with E-state index in [1.165, 1.54) is 0 Å². The van der Waals surface area contributed by atoms with Crippen molar-refractivity contribution in [3.63, 3.8) is 0 Å². The van der Waals surface area contributed by atoms with Gasteiger partial charge in [0.25, 0.3) is 6.43 Å². The minimum absolute atomic E-state index is 0.242. The van der Waals surface area contributed by atoms with Gasteiger partial charge < -0.3 is 5.32 Å². The summed E-state index contributed by atoms with van der Waals surface area (Å²) in [5, 5.41) is 1.82. The zero-order chi connectivity index (χ0) is 5.70. The van der Waals surface area contributed by atoms with Crippen molar-refractivity contribution in [2.24, 2.45) is 0 Å². The van der Waals surface area contributed by atoms with E-state index in [4.69, 9.17) is 0 Å². The average Bonchev–Trinajstić information content (AvgIpc) is 1.61. The van der Waals surface area contributed by atoms with Crippen molar-refractivity contribution in [1.29, 1.82) is 0 Å².